The van der Waals surface area contributed by atoms with Gasteiger partial charge in [-0.2, -0.15) is 0 Å². The summed E-state index contributed by atoms with van der Waals surface area (Å²) < 4.78 is 5.16. The predicted octanol–water partition coefficient (Wildman–Crippen LogP) is 1.47. The Balaban J connectivity index is 2.33. The van der Waals surface area contributed by atoms with Gasteiger partial charge in [0.15, 0.2) is 0 Å². The first-order valence-corrected chi connectivity index (χ1v) is 3.38. The summed E-state index contributed by atoms with van der Waals surface area (Å²) in [5.41, 5.74) is 0. The maximum atomic E-state index is 9.86. The number of benzene rings is 1. The van der Waals surface area contributed by atoms with E-state index in [1.54, 1.807) is 0 Å². The van der Waals surface area contributed by atoms with E-state index in [-0.39, 0.29) is 0 Å². The Morgan fingerprint density at radius 2 is 2.00 bits per heavy atom. The highest BCUT2D eigenvalue weighted by Gasteiger charge is 1.88. The Bertz CT molecular complexity index is 206. The molecule has 0 fully saturated rings. The predicted molar refractivity (Wildman–Crippen MR) is 42.3 cm³/mol. The fourth-order valence-electron chi connectivity index (χ4n) is 0.700. The van der Waals surface area contributed by atoms with Crippen molar-refractivity contribution in [2.45, 2.75) is 0 Å². The van der Waals surface area contributed by atoms with Crippen LogP contribution >= 0.6 is 0 Å². The minimum Gasteiger partial charge on any atom is -0.493 e. The van der Waals surface area contributed by atoms with Crippen molar-refractivity contribution in [1.82, 2.24) is 0 Å². The lowest BCUT2D eigenvalue weighted by atomic mass is 10.3. The Morgan fingerprint density at radius 1 is 1.27 bits per heavy atom. The first-order chi connectivity index (χ1) is 5.43. The van der Waals surface area contributed by atoms with Crippen LogP contribution in [0.4, 0.5) is 0 Å². The monoisotopic (exact) mass is 149 g/mol. The molecule has 0 bridgehead atoms. The molecule has 1 aromatic rings. The van der Waals surface area contributed by atoms with Crippen molar-refractivity contribution in [2.75, 3.05) is 6.61 Å². The van der Waals surface area contributed by atoms with Crippen LogP contribution in [-0.2, 0) is 4.79 Å². The van der Waals surface area contributed by atoms with E-state index < -0.39 is 0 Å². The smallest absolute Gasteiger partial charge is 0.127 e. The van der Waals surface area contributed by atoms with E-state index in [9.17, 15) is 4.79 Å². The highest BCUT2D eigenvalue weighted by atomic mass is 16.5. The van der Waals surface area contributed by atoms with Gasteiger partial charge in [0, 0.05) is 0 Å². The van der Waals surface area contributed by atoms with E-state index in [1.807, 2.05) is 30.3 Å². The molecule has 1 aromatic carbocycles. The summed E-state index contributed by atoms with van der Waals surface area (Å²) in [7, 11) is 0. The zero-order valence-corrected chi connectivity index (χ0v) is 6.07. The lowest BCUT2D eigenvalue weighted by Gasteiger charge is -2.01. The molecule has 0 heterocycles. The average molecular weight is 149 g/mol. The summed E-state index contributed by atoms with van der Waals surface area (Å²) in [5, 5.41) is 0. The van der Waals surface area contributed by atoms with E-state index in [4.69, 9.17) is 4.74 Å². The van der Waals surface area contributed by atoms with Crippen LogP contribution in [0, 0.1) is 6.42 Å². The van der Waals surface area contributed by atoms with Gasteiger partial charge < -0.3 is 9.53 Å². The highest BCUT2D eigenvalue weighted by Crippen LogP contribution is 2.07. The molecule has 0 aliphatic carbocycles. The number of rotatable bonds is 4. The van der Waals surface area contributed by atoms with Gasteiger partial charge in [0.2, 0.25) is 0 Å². The molecule has 1 radical (unpaired) electrons. The largest absolute Gasteiger partial charge is 0.493 e. The van der Waals surface area contributed by atoms with Crippen LogP contribution in [0.2, 0.25) is 0 Å². The third-order valence-corrected chi connectivity index (χ3v) is 1.19. The zero-order valence-electron chi connectivity index (χ0n) is 6.07. The lowest BCUT2D eigenvalue weighted by Crippen LogP contribution is -1.97. The van der Waals surface area contributed by atoms with Gasteiger partial charge in [-0.1, -0.05) is 18.2 Å². The first-order valence-electron chi connectivity index (χ1n) is 3.38. The van der Waals surface area contributed by atoms with Crippen LogP contribution in [0.15, 0.2) is 30.3 Å². The Morgan fingerprint density at radius 3 is 2.64 bits per heavy atom. The van der Waals surface area contributed by atoms with Crippen LogP contribution in [-0.4, -0.2) is 12.9 Å². The summed E-state index contributed by atoms with van der Waals surface area (Å²) in [6.45, 7) is 0.341. The second-order valence-corrected chi connectivity index (χ2v) is 2.00. The van der Waals surface area contributed by atoms with Crippen molar-refractivity contribution >= 4 is 6.29 Å². The van der Waals surface area contributed by atoms with Gasteiger partial charge >= 0.3 is 0 Å². The minimum atomic E-state index is 0.341. The van der Waals surface area contributed by atoms with Crippen LogP contribution < -0.4 is 4.74 Å². The minimum absolute atomic E-state index is 0.341. The maximum absolute atomic E-state index is 9.86. The molecule has 0 aliphatic rings. The highest BCUT2D eigenvalue weighted by molar-refractivity contribution is 5.60. The van der Waals surface area contributed by atoms with Gasteiger partial charge in [0.05, 0.1) is 13.0 Å². The molecule has 2 nitrogen and oxygen atoms in total. The molecule has 0 atom stereocenters. The van der Waals surface area contributed by atoms with E-state index in [2.05, 4.69) is 0 Å². The molecule has 0 spiro atoms. The second kappa shape index (κ2) is 4.50. The first kappa shape index (κ1) is 7.79. The van der Waals surface area contributed by atoms with E-state index in [1.165, 1.54) is 6.42 Å². The Labute approximate surface area is 65.8 Å². The third-order valence-electron chi connectivity index (χ3n) is 1.19. The zero-order chi connectivity index (χ0) is 7.94. The van der Waals surface area contributed by atoms with Crippen LogP contribution in [0.25, 0.3) is 0 Å². The number of hydrogen-bond acceptors (Lipinski definition) is 2. The molecule has 1 rings (SSSR count). The lowest BCUT2D eigenvalue weighted by molar-refractivity contribution is -0.105. The van der Waals surface area contributed by atoms with Gasteiger partial charge in [-0.15, -0.1) is 0 Å². The van der Waals surface area contributed by atoms with Crippen molar-refractivity contribution in [2.24, 2.45) is 0 Å². The van der Waals surface area contributed by atoms with Gasteiger partial charge in [0.1, 0.15) is 12.0 Å². The van der Waals surface area contributed by atoms with Gasteiger partial charge in [-0.25, -0.2) is 0 Å². The number of aldehydes is 1. The molecular weight excluding hydrogens is 140 g/mol. The Kier molecular flexibility index (Phi) is 3.19. The molecule has 0 saturated carbocycles. The fraction of sp³-hybridized carbons (Fsp3) is 0.111. The van der Waals surface area contributed by atoms with Crippen molar-refractivity contribution in [3.63, 3.8) is 0 Å². The molecule has 0 aromatic heterocycles. The number of hydrogen-bond donors (Lipinski definition) is 0. The van der Waals surface area contributed by atoms with Gasteiger partial charge in [-0.3, -0.25) is 0 Å². The van der Waals surface area contributed by atoms with E-state index >= 15 is 0 Å². The van der Waals surface area contributed by atoms with Crippen LogP contribution in [0.3, 0.4) is 0 Å². The molecule has 2 heteroatoms. The summed E-state index contributed by atoms with van der Waals surface area (Å²) in [6.07, 6.45) is 2.15. The molecule has 0 aliphatic heterocycles. The topological polar surface area (TPSA) is 26.3 Å². The molecule has 0 N–H and O–H groups in total. The summed E-state index contributed by atoms with van der Waals surface area (Å²) in [5.74, 6) is 0.783. The van der Waals surface area contributed by atoms with Gasteiger partial charge in [0.25, 0.3) is 0 Å². The van der Waals surface area contributed by atoms with Crippen molar-refractivity contribution in [1.29, 1.82) is 0 Å². The molecule has 0 unspecified atom stereocenters. The van der Waals surface area contributed by atoms with Crippen molar-refractivity contribution in [3.05, 3.63) is 36.8 Å². The maximum Gasteiger partial charge on any atom is 0.127 e. The summed E-state index contributed by atoms with van der Waals surface area (Å²) >= 11 is 0. The van der Waals surface area contributed by atoms with Crippen molar-refractivity contribution < 1.29 is 9.53 Å². The molecule has 0 amide bonds. The molecule has 11 heavy (non-hydrogen) atoms. The van der Waals surface area contributed by atoms with E-state index in [0.29, 0.717) is 6.61 Å². The second-order valence-electron chi connectivity index (χ2n) is 2.00. The molecule has 0 saturated heterocycles. The Hall–Kier alpha value is -1.31. The molecular formula is C9H9O2. The average Bonchev–Trinajstić information content (AvgIpc) is 2.07. The SMILES string of the molecule is O=C[CH]COc1ccccc1. The summed E-state index contributed by atoms with van der Waals surface area (Å²) in [6, 6.07) is 9.38. The van der Waals surface area contributed by atoms with Crippen LogP contribution in [0.1, 0.15) is 0 Å². The van der Waals surface area contributed by atoms with Crippen molar-refractivity contribution in [3.8, 4) is 5.75 Å². The summed E-state index contributed by atoms with van der Waals surface area (Å²) in [4.78, 5) is 9.86. The molecule has 57 valence electrons. The number of carbonyl (C=O) groups is 1. The number of carbonyl (C=O) groups excluding carboxylic acids is 1. The van der Waals surface area contributed by atoms with E-state index in [0.717, 1.165) is 12.0 Å². The number of ether oxygens (including phenoxy) is 1. The quantitative estimate of drug-likeness (QED) is 0.478. The fourth-order valence-corrected chi connectivity index (χ4v) is 0.700. The number of para-hydroxylation sites is 1. The third kappa shape index (κ3) is 2.85. The standard InChI is InChI=1S/C9H9O2/c10-7-4-8-11-9-5-2-1-3-6-9/h1-7H,8H2. The van der Waals surface area contributed by atoms with Gasteiger partial charge in [-0.05, 0) is 12.1 Å². The normalized spacial score (nSPS) is 9.09. The van der Waals surface area contributed by atoms with Crippen LogP contribution in [0.5, 0.6) is 5.75 Å².